The van der Waals surface area contributed by atoms with Gasteiger partial charge in [-0.1, -0.05) is 12.1 Å². The van der Waals surface area contributed by atoms with Crippen LogP contribution in [0.1, 0.15) is 50.4 Å². The molecule has 28 heavy (non-hydrogen) atoms. The largest absolute Gasteiger partial charge is 0.341 e. The highest BCUT2D eigenvalue weighted by Crippen LogP contribution is 2.33. The van der Waals surface area contributed by atoms with Crippen molar-refractivity contribution in [3.63, 3.8) is 0 Å². The Morgan fingerprint density at radius 1 is 1.14 bits per heavy atom. The van der Waals surface area contributed by atoms with Crippen LogP contribution in [-0.2, 0) is 11.3 Å². The Kier molecular flexibility index (Phi) is 4.41. The second-order valence-corrected chi connectivity index (χ2v) is 8.30. The van der Waals surface area contributed by atoms with Crippen LogP contribution in [0.4, 0.5) is 0 Å². The lowest BCUT2D eigenvalue weighted by atomic mass is 9.95. The van der Waals surface area contributed by atoms with Crippen molar-refractivity contribution in [3.8, 4) is 0 Å². The predicted octanol–water partition coefficient (Wildman–Crippen LogP) is 3.61. The maximum Gasteiger partial charge on any atom is 0.245 e. The molecular formula is C22H27N5O. The van der Waals surface area contributed by atoms with Crippen molar-refractivity contribution in [3.05, 3.63) is 48.8 Å². The van der Waals surface area contributed by atoms with Crippen LogP contribution < -0.4 is 0 Å². The van der Waals surface area contributed by atoms with Crippen LogP contribution in [0.25, 0.3) is 11.0 Å². The van der Waals surface area contributed by atoms with Crippen molar-refractivity contribution in [1.29, 1.82) is 0 Å². The van der Waals surface area contributed by atoms with E-state index in [-0.39, 0.29) is 11.9 Å². The molecule has 1 aliphatic carbocycles. The number of benzene rings is 1. The summed E-state index contributed by atoms with van der Waals surface area (Å²) in [5.41, 5.74) is 1.95. The standard InChI is InChI=1S/C22H27N5O/c1-16(27-15-24-19-4-2-3-5-20(19)27)22(28)25-11-8-18(9-12-25)21-23-10-13-26(21)14-17-6-7-17/h2-5,10,13,15-18H,6-9,11-12,14H2,1H3/t16-/m1/s1. The van der Waals surface area contributed by atoms with E-state index in [9.17, 15) is 4.79 Å². The Morgan fingerprint density at radius 3 is 2.71 bits per heavy atom. The number of amides is 1. The molecule has 1 saturated heterocycles. The molecule has 6 heteroatoms. The van der Waals surface area contributed by atoms with E-state index in [1.807, 2.05) is 46.9 Å². The van der Waals surface area contributed by atoms with Gasteiger partial charge in [0.15, 0.2) is 0 Å². The molecule has 0 bridgehead atoms. The Bertz CT molecular complexity index is 978. The van der Waals surface area contributed by atoms with E-state index in [0.717, 1.165) is 49.4 Å². The summed E-state index contributed by atoms with van der Waals surface area (Å²) in [5, 5.41) is 0. The summed E-state index contributed by atoms with van der Waals surface area (Å²) in [6.07, 6.45) is 10.5. The molecule has 1 aliphatic heterocycles. The molecule has 2 fully saturated rings. The predicted molar refractivity (Wildman–Crippen MR) is 108 cm³/mol. The number of aromatic nitrogens is 4. The average molecular weight is 377 g/mol. The molecule has 1 amide bonds. The van der Waals surface area contributed by atoms with Gasteiger partial charge in [-0.25, -0.2) is 9.97 Å². The molecule has 2 aliphatic rings. The van der Waals surface area contributed by atoms with Gasteiger partial charge < -0.3 is 14.0 Å². The number of hydrogen-bond donors (Lipinski definition) is 0. The zero-order valence-corrected chi connectivity index (χ0v) is 16.4. The molecule has 6 nitrogen and oxygen atoms in total. The van der Waals surface area contributed by atoms with Gasteiger partial charge in [-0.15, -0.1) is 0 Å². The minimum atomic E-state index is -0.235. The molecule has 0 unspecified atom stereocenters. The summed E-state index contributed by atoms with van der Waals surface area (Å²) in [4.78, 5) is 24.2. The van der Waals surface area contributed by atoms with Crippen LogP contribution in [0.2, 0.25) is 0 Å². The highest BCUT2D eigenvalue weighted by Gasteiger charge is 2.30. The Labute approximate surface area is 165 Å². The average Bonchev–Trinajstić information content (AvgIpc) is 3.26. The lowest BCUT2D eigenvalue weighted by Crippen LogP contribution is -2.41. The second-order valence-electron chi connectivity index (χ2n) is 8.30. The number of para-hydroxylation sites is 2. The molecule has 0 spiro atoms. The van der Waals surface area contributed by atoms with Gasteiger partial charge in [-0.3, -0.25) is 4.79 Å². The third-order valence-electron chi connectivity index (χ3n) is 6.33. The van der Waals surface area contributed by atoms with Crippen molar-refractivity contribution in [2.24, 2.45) is 5.92 Å². The third kappa shape index (κ3) is 3.21. The van der Waals surface area contributed by atoms with Crippen LogP contribution in [0.5, 0.6) is 0 Å². The molecule has 2 aromatic heterocycles. The third-order valence-corrected chi connectivity index (χ3v) is 6.33. The smallest absolute Gasteiger partial charge is 0.245 e. The molecule has 3 heterocycles. The first-order chi connectivity index (χ1) is 13.7. The summed E-state index contributed by atoms with van der Waals surface area (Å²) in [6, 6.07) is 7.74. The summed E-state index contributed by atoms with van der Waals surface area (Å²) >= 11 is 0. The summed E-state index contributed by atoms with van der Waals surface area (Å²) in [5.74, 6) is 2.71. The van der Waals surface area contributed by atoms with Crippen LogP contribution in [0.15, 0.2) is 43.0 Å². The lowest BCUT2D eigenvalue weighted by molar-refractivity contribution is -0.135. The topological polar surface area (TPSA) is 56.0 Å². The molecular weight excluding hydrogens is 350 g/mol. The fraction of sp³-hybridized carbons (Fsp3) is 0.500. The van der Waals surface area contributed by atoms with E-state index in [1.54, 1.807) is 6.33 Å². The van der Waals surface area contributed by atoms with Crippen LogP contribution >= 0.6 is 0 Å². The van der Waals surface area contributed by atoms with Gasteiger partial charge >= 0.3 is 0 Å². The van der Waals surface area contributed by atoms with E-state index in [4.69, 9.17) is 0 Å². The van der Waals surface area contributed by atoms with Crippen LogP contribution in [-0.4, -0.2) is 43.0 Å². The summed E-state index contributed by atoms with van der Waals surface area (Å²) in [6.45, 7) is 4.69. The quantitative estimate of drug-likeness (QED) is 0.682. The number of imidazole rings is 2. The number of fused-ring (bicyclic) bond motifs is 1. The molecule has 0 N–H and O–H groups in total. The second kappa shape index (κ2) is 7.08. The number of carbonyl (C=O) groups is 1. The van der Waals surface area contributed by atoms with Crippen molar-refractivity contribution >= 4 is 16.9 Å². The van der Waals surface area contributed by atoms with Crippen molar-refractivity contribution < 1.29 is 4.79 Å². The number of nitrogens with zero attached hydrogens (tertiary/aromatic N) is 5. The minimum absolute atomic E-state index is 0.183. The summed E-state index contributed by atoms with van der Waals surface area (Å²) < 4.78 is 4.34. The molecule has 1 aromatic carbocycles. The van der Waals surface area contributed by atoms with Crippen molar-refractivity contribution in [2.75, 3.05) is 13.1 Å². The fourth-order valence-electron chi connectivity index (χ4n) is 4.44. The van der Waals surface area contributed by atoms with Gasteiger partial charge in [-0.05, 0) is 50.7 Å². The molecule has 146 valence electrons. The van der Waals surface area contributed by atoms with E-state index < -0.39 is 0 Å². The lowest BCUT2D eigenvalue weighted by Gasteiger charge is -2.33. The highest BCUT2D eigenvalue weighted by atomic mass is 16.2. The SMILES string of the molecule is C[C@H](C(=O)N1CCC(c2nccn2CC2CC2)CC1)n1cnc2ccccc21. The molecule has 0 radical (unpaired) electrons. The van der Waals surface area contributed by atoms with E-state index in [1.165, 1.54) is 18.7 Å². The molecule has 1 atom stereocenters. The van der Waals surface area contributed by atoms with Crippen molar-refractivity contribution in [1.82, 2.24) is 24.0 Å². The first-order valence-electron chi connectivity index (χ1n) is 10.4. The first-order valence-corrected chi connectivity index (χ1v) is 10.4. The first kappa shape index (κ1) is 17.5. The van der Waals surface area contributed by atoms with Crippen molar-refractivity contribution in [2.45, 2.75) is 51.1 Å². The number of rotatable bonds is 5. The van der Waals surface area contributed by atoms with Crippen LogP contribution in [0.3, 0.4) is 0 Å². The normalized spacial score (nSPS) is 19.2. The number of carbonyl (C=O) groups excluding carboxylic acids is 1. The van der Waals surface area contributed by atoms with Crippen LogP contribution in [0, 0.1) is 5.92 Å². The number of hydrogen-bond acceptors (Lipinski definition) is 3. The number of likely N-dealkylation sites (tertiary alicyclic amines) is 1. The van der Waals surface area contributed by atoms with E-state index in [0.29, 0.717) is 5.92 Å². The van der Waals surface area contributed by atoms with Gasteiger partial charge in [0, 0.05) is 37.9 Å². The summed E-state index contributed by atoms with van der Waals surface area (Å²) in [7, 11) is 0. The number of piperidine rings is 1. The monoisotopic (exact) mass is 377 g/mol. The zero-order chi connectivity index (χ0) is 19.1. The molecule has 3 aromatic rings. The highest BCUT2D eigenvalue weighted by molar-refractivity contribution is 5.83. The Morgan fingerprint density at radius 2 is 1.93 bits per heavy atom. The fourth-order valence-corrected chi connectivity index (χ4v) is 4.44. The molecule has 5 rings (SSSR count). The maximum absolute atomic E-state index is 13.1. The Hall–Kier alpha value is -2.63. The van der Waals surface area contributed by atoms with Gasteiger partial charge in [0.25, 0.3) is 0 Å². The van der Waals surface area contributed by atoms with E-state index >= 15 is 0 Å². The van der Waals surface area contributed by atoms with Gasteiger partial charge in [-0.2, -0.15) is 0 Å². The maximum atomic E-state index is 13.1. The van der Waals surface area contributed by atoms with E-state index in [2.05, 4.69) is 20.7 Å². The van der Waals surface area contributed by atoms with Gasteiger partial charge in [0.2, 0.25) is 5.91 Å². The minimum Gasteiger partial charge on any atom is -0.341 e. The van der Waals surface area contributed by atoms with Gasteiger partial charge in [0.05, 0.1) is 17.4 Å². The molecule has 1 saturated carbocycles. The zero-order valence-electron chi connectivity index (χ0n) is 16.4. The van der Waals surface area contributed by atoms with Gasteiger partial charge in [0.1, 0.15) is 11.9 Å². The Balaban J connectivity index is 1.25.